The van der Waals surface area contributed by atoms with Crippen LogP contribution in [0.25, 0.3) is 11.1 Å². The molecule has 0 radical (unpaired) electrons. The number of rotatable bonds is 3. The van der Waals surface area contributed by atoms with Gasteiger partial charge >= 0.3 is 232 Å². The third kappa shape index (κ3) is 6.05. The van der Waals surface area contributed by atoms with Crippen molar-refractivity contribution in [1.29, 1.82) is 0 Å². The van der Waals surface area contributed by atoms with E-state index in [1.165, 1.54) is 22.3 Å². The normalized spacial score (nSPS) is 17.2. The SMILES string of the molecule is CC1=[C]([Zr+2](=[C](C)C)[CH]2c3cc(C(C)(C)C)ccc3-c3ccc(C(C)(C)C)cc32)C(C)C=C1[Si](C)(C)C.[Cl-].[Cl-]. The fourth-order valence-electron chi connectivity index (χ4n) is 6.42. The van der Waals surface area contributed by atoms with Gasteiger partial charge in [-0.25, -0.2) is 0 Å². The van der Waals surface area contributed by atoms with Gasteiger partial charge in [-0.05, 0) is 0 Å². The molecule has 2 aliphatic rings. The van der Waals surface area contributed by atoms with Crippen LogP contribution in [0, 0.1) is 5.92 Å². The Hall–Kier alpha value is -0.530. The summed E-state index contributed by atoms with van der Waals surface area (Å²) in [5, 5.41) is 1.72. The van der Waals surface area contributed by atoms with Crippen molar-refractivity contribution in [2.24, 2.45) is 5.92 Å². The van der Waals surface area contributed by atoms with Crippen LogP contribution in [-0.2, 0) is 32.1 Å². The second-order valence-corrected chi connectivity index (χ2v) is 26.9. The van der Waals surface area contributed by atoms with E-state index in [1.54, 1.807) is 25.1 Å². The molecule has 0 fully saturated rings. The van der Waals surface area contributed by atoms with Gasteiger partial charge in [0.2, 0.25) is 0 Å². The maximum Gasteiger partial charge on any atom is -1.00 e. The molecule has 2 aliphatic carbocycles. The predicted octanol–water partition coefficient (Wildman–Crippen LogP) is 3.92. The zero-order valence-corrected chi connectivity index (χ0v) is 30.9. The standard InChI is InChI=1S/C21H25.C10H17Si.C3H6.2ClH.Zr/c1-20(2,3)16-7-9-18-14(12-16)11-15-13-17(21(4,5)6)8-10-19(15)18;1-8-6-9(2)10(7-8)11(3,4)5;1-3-2;;;/h7-13H,1-6H3;7-8H,1-5H3;1-2H3;2*1H;/q;;;;;+2/p-2. The summed E-state index contributed by atoms with van der Waals surface area (Å²) in [5.74, 6) is 0.583. The summed E-state index contributed by atoms with van der Waals surface area (Å²) in [6, 6.07) is 14.9. The van der Waals surface area contributed by atoms with Gasteiger partial charge in [0, 0.05) is 0 Å². The summed E-state index contributed by atoms with van der Waals surface area (Å²) in [6.45, 7) is 31.6. The Morgan fingerprint density at radius 2 is 1.18 bits per heavy atom. The van der Waals surface area contributed by atoms with Gasteiger partial charge < -0.3 is 24.8 Å². The van der Waals surface area contributed by atoms with E-state index in [9.17, 15) is 0 Å². The maximum atomic E-state index is 2.66. The van der Waals surface area contributed by atoms with Gasteiger partial charge in [-0.15, -0.1) is 0 Å². The van der Waals surface area contributed by atoms with Gasteiger partial charge in [0.05, 0.1) is 0 Å². The third-order valence-corrected chi connectivity index (χ3v) is 19.6. The van der Waals surface area contributed by atoms with E-state index in [4.69, 9.17) is 0 Å². The zero-order valence-electron chi connectivity index (χ0n) is 26.0. The summed E-state index contributed by atoms with van der Waals surface area (Å²) < 4.78 is 4.16. The van der Waals surface area contributed by atoms with Gasteiger partial charge in [-0.1, -0.05) is 0 Å². The first-order valence-corrected chi connectivity index (χ1v) is 21.2. The van der Waals surface area contributed by atoms with Crippen molar-refractivity contribution < 1.29 is 46.1 Å². The molecule has 2 aromatic carbocycles. The van der Waals surface area contributed by atoms with Gasteiger partial charge in [0.1, 0.15) is 0 Å². The van der Waals surface area contributed by atoms with Crippen molar-refractivity contribution in [3.05, 3.63) is 78.8 Å². The van der Waals surface area contributed by atoms with Crippen LogP contribution in [0.1, 0.15) is 95.1 Å². The van der Waals surface area contributed by atoms with Gasteiger partial charge in [-0.2, -0.15) is 0 Å². The second-order valence-electron chi connectivity index (χ2n) is 14.6. The molecule has 1 unspecified atom stereocenters. The molecule has 1 atom stereocenters. The monoisotopic (exact) mass is 644 g/mol. The molecular weight excluding hydrogens is 599 g/mol. The first-order valence-electron chi connectivity index (χ1n) is 13.8. The van der Waals surface area contributed by atoms with E-state index >= 15 is 0 Å². The summed E-state index contributed by atoms with van der Waals surface area (Å²) in [5.41, 5.74) is 11.1. The topological polar surface area (TPSA) is 0 Å². The first-order chi connectivity index (χ1) is 16.4. The van der Waals surface area contributed by atoms with Crippen LogP contribution in [0.4, 0.5) is 0 Å². The zero-order chi connectivity index (χ0) is 27.0. The maximum absolute atomic E-state index is 2.66. The van der Waals surface area contributed by atoms with E-state index in [-0.39, 0.29) is 35.6 Å². The summed E-state index contributed by atoms with van der Waals surface area (Å²) in [6.07, 6.45) is 2.66. The van der Waals surface area contributed by atoms with E-state index < -0.39 is 29.3 Å². The average Bonchev–Trinajstić information content (AvgIpc) is 3.21. The Balaban J connectivity index is 0.00000253. The van der Waals surface area contributed by atoms with Crippen LogP contribution in [0.5, 0.6) is 0 Å². The quantitative estimate of drug-likeness (QED) is 0.444. The minimum Gasteiger partial charge on any atom is -1.00 e. The minimum atomic E-state index is -2.29. The summed E-state index contributed by atoms with van der Waals surface area (Å²) in [7, 11) is -1.38. The number of benzene rings is 2. The number of allylic oxidation sites excluding steroid dienone is 4. The molecule has 38 heavy (non-hydrogen) atoms. The Kier molecular flexibility index (Phi) is 10.1. The number of hydrogen-bond donors (Lipinski definition) is 0. The van der Waals surface area contributed by atoms with Crippen LogP contribution < -0.4 is 24.8 Å². The Morgan fingerprint density at radius 3 is 1.50 bits per heavy atom. The Labute approximate surface area is 254 Å². The van der Waals surface area contributed by atoms with E-state index in [0.29, 0.717) is 9.54 Å². The van der Waals surface area contributed by atoms with Crippen LogP contribution in [0.3, 0.4) is 0 Å². The van der Waals surface area contributed by atoms with Crippen LogP contribution in [-0.4, -0.2) is 11.3 Å². The number of hydrogen-bond acceptors (Lipinski definition) is 0. The van der Waals surface area contributed by atoms with Crippen molar-refractivity contribution in [3.8, 4) is 11.1 Å². The molecule has 0 aliphatic heterocycles. The van der Waals surface area contributed by atoms with Crippen LogP contribution >= 0.6 is 0 Å². The average molecular weight is 647 g/mol. The fourth-order valence-corrected chi connectivity index (χ4v) is 17.7. The minimum absolute atomic E-state index is 0. The molecule has 0 heterocycles. The molecule has 0 spiro atoms. The number of halogens is 2. The van der Waals surface area contributed by atoms with Crippen molar-refractivity contribution >= 4 is 11.3 Å². The molecule has 4 rings (SSSR count). The van der Waals surface area contributed by atoms with Gasteiger partial charge in [0.15, 0.2) is 0 Å². The molecule has 0 saturated heterocycles. The summed E-state index contributed by atoms with van der Waals surface area (Å²) >= 11 is -2.29. The van der Waals surface area contributed by atoms with Crippen molar-refractivity contribution in [1.82, 2.24) is 0 Å². The number of fused-ring (bicyclic) bond motifs is 3. The molecule has 4 heteroatoms. The van der Waals surface area contributed by atoms with Gasteiger partial charge in [0.25, 0.3) is 0 Å². The van der Waals surface area contributed by atoms with Crippen LogP contribution in [0.15, 0.2) is 56.5 Å². The molecule has 0 aromatic heterocycles. The Bertz CT molecular complexity index is 1260. The molecule has 2 aromatic rings. The molecule has 206 valence electrons. The smallest absolute Gasteiger partial charge is 1.00 e. The van der Waals surface area contributed by atoms with E-state index in [1.807, 2.05) is 3.28 Å². The Morgan fingerprint density at radius 1 is 0.763 bits per heavy atom. The molecular formula is C34H48Cl2SiZr. The molecule has 0 nitrogen and oxygen atoms in total. The van der Waals surface area contributed by atoms with Crippen molar-refractivity contribution in [2.75, 3.05) is 0 Å². The molecule has 0 amide bonds. The van der Waals surface area contributed by atoms with E-state index in [2.05, 4.69) is 131 Å². The van der Waals surface area contributed by atoms with Crippen LogP contribution in [0.2, 0.25) is 19.6 Å². The van der Waals surface area contributed by atoms with E-state index in [0.717, 1.165) is 0 Å². The molecule has 0 bridgehead atoms. The summed E-state index contributed by atoms with van der Waals surface area (Å²) in [4.78, 5) is 0. The van der Waals surface area contributed by atoms with Crippen molar-refractivity contribution in [3.63, 3.8) is 0 Å². The third-order valence-electron chi connectivity index (χ3n) is 8.35. The van der Waals surface area contributed by atoms with Crippen molar-refractivity contribution in [2.45, 2.75) is 103 Å². The molecule has 0 N–H and O–H groups in total. The predicted molar refractivity (Wildman–Crippen MR) is 161 cm³/mol. The largest absolute Gasteiger partial charge is 1.00 e. The first kappa shape index (κ1) is 33.7. The fraction of sp³-hybridized carbons (Fsp3) is 0.500. The second kappa shape index (κ2) is 11.4. The molecule has 0 saturated carbocycles. The van der Waals surface area contributed by atoms with Gasteiger partial charge in [-0.3, -0.25) is 0 Å².